The number of esters is 1. The van der Waals surface area contributed by atoms with Crippen molar-refractivity contribution in [3.05, 3.63) is 12.7 Å². The van der Waals surface area contributed by atoms with Crippen LogP contribution >= 0.6 is 0 Å². The molecule has 0 bridgehead atoms. The lowest BCUT2D eigenvalue weighted by molar-refractivity contribution is -0.137. The van der Waals surface area contributed by atoms with Gasteiger partial charge in [0.2, 0.25) is 0 Å². The lowest BCUT2D eigenvalue weighted by Gasteiger charge is -2.29. The van der Waals surface area contributed by atoms with Crippen LogP contribution in [0, 0.1) is 17.8 Å². The Hall–Kier alpha value is -0.790. The molecule has 0 atom stereocenters. The third kappa shape index (κ3) is 4.64. The second-order valence-corrected chi connectivity index (χ2v) is 6.62. The van der Waals surface area contributed by atoms with Crippen LogP contribution in [0.25, 0.3) is 0 Å². The zero-order valence-electron chi connectivity index (χ0n) is 12.8. The molecule has 0 aromatic carbocycles. The molecular formula is C18H30O2. The monoisotopic (exact) mass is 278 g/mol. The fourth-order valence-electron chi connectivity index (χ4n) is 4.34. The Morgan fingerprint density at radius 2 is 1.60 bits per heavy atom. The van der Waals surface area contributed by atoms with Gasteiger partial charge in [-0.1, -0.05) is 57.9 Å². The number of rotatable bonds is 8. The Kier molecular flexibility index (Phi) is 6.62. The Balaban J connectivity index is 1.70. The molecule has 0 N–H and O–H groups in total. The summed E-state index contributed by atoms with van der Waals surface area (Å²) in [7, 11) is 0. The van der Waals surface area contributed by atoms with Gasteiger partial charge in [-0.15, -0.1) is 0 Å². The number of hydrogen-bond acceptors (Lipinski definition) is 2. The lowest BCUT2D eigenvalue weighted by atomic mass is 9.76. The van der Waals surface area contributed by atoms with E-state index in [1.807, 2.05) is 0 Å². The number of hydrogen-bond donors (Lipinski definition) is 0. The SMILES string of the molecule is C=CC(=O)OCCCCC(C1CCCC1)C1CCCC1. The van der Waals surface area contributed by atoms with Crippen LogP contribution in [0.5, 0.6) is 0 Å². The molecule has 0 aliphatic heterocycles. The van der Waals surface area contributed by atoms with Crippen LogP contribution in [0.15, 0.2) is 12.7 Å². The summed E-state index contributed by atoms with van der Waals surface area (Å²) in [6.45, 7) is 3.98. The van der Waals surface area contributed by atoms with Gasteiger partial charge in [-0.3, -0.25) is 0 Å². The molecule has 2 aliphatic carbocycles. The van der Waals surface area contributed by atoms with Gasteiger partial charge in [0.15, 0.2) is 0 Å². The molecular weight excluding hydrogens is 248 g/mol. The predicted molar refractivity (Wildman–Crippen MR) is 82.4 cm³/mol. The number of unbranched alkanes of at least 4 members (excludes halogenated alkanes) is 1. The van der Waals surface area contributed by atoms with E-state index >= 15 is 0 Å². The number of carbonyl (C=O) groups excluding carboxylic acids is 1. The molecule has 2 heteroatoms. The normalized spacial score (nSPS) is 20.6. The quantitative estimate of drug-likeness (QED) is 0.359. The summed E-state index contributed by atoms with van der Waals surface area (Å²) in [5.74, 6) is 2.66. The maximum Gasteiger partial charge on any atom is 0.330 e. The first-order valence-electron chi connectivity index (χ1n) is 8.60. The molecule has 2 aliphatic rings. The van der Waals surface area contributed by atoms with Gasteiger partial charge >= 0.3 is 5.97 Å². The van der Waals surface area contributed by atoms with Crippen molar-refractivity contribution in [3.8, 4) is 0 Å². The van der Waals surface area contributed by atoms with E-state index in [4.69, 9.17) is 4.74 Å². The van der Waals surface area contributed by atoms with Crippen molar-refractivity contribution in [3.63, 3.8) is 0 Å². The van der Waals surface area contributed by atoms with Gasteiger partial charge in [-0.2, -0.15) is 0 Å². The van der Waals surface area contributed by atoms with Crippen molar-refractivity contribution in [2.45, 2.75) is 70.6 Å². The second kappa shape index (κ2) is 8.49. The summed E-state index contributed by atoms with van der Waals surface area (Å²) >= 11 is 0. The molecule has 0 amide bonds. The summed E-state index contributed by atoms with van der Waals surface area (Å²) < 4.78 is 5.07. The lowest BCUT2D eigenvalue weighted by Crippen LogP contribution is -2.20. The number of ether oxygens (including phenoxy) is 1. The highest BCUT2D eigenvalue weighted by Gasteiger charge is 2.32. The van der Waals surface area contributed by atoms with Gasteiger partial charge in [-0.25, -0.2) is 4.79 Å². The fourth-order valence-corrected chi connectivity index (χ4v) is 4.34. The van der Waals surface area contributed by atoms with Crippen molar-refractivity contribution in [2.24, 2.45) is 17.8 Å². The van der Waals surface area contributed by atoms with E-state index in [1.165, 1.54) is 70.3 Å². The van der Waals surface area contributed by atoms with Crippen LogP contribution in [0.4, 0.5) is 0 Å². The van der Waals surface area contributed by atoms with Crippen molar-refractivity contribution in [1.82, 2.24) is 0 Å². The van der Waals surface area contributed by atoms with Gasteiger partial charge < -0.3 is 4.74 Å². The predicted octanol–water partition coefficient (Wildman–Crippen LogP) is 4.88. The van der Waals surface area contributed by atoms with Crippen LogP contribution in [-0.4, -0.2) is 12.6 Å². The third-order valence-electron chi connectivity index (χ3n) is 5.35. The number of carbonyl (C=O) groups is 1. The summed E-state index contributed by atoms with van der Waals surface area (Å²) in [6.07, 6.45) is 16.5. The largest absolute Gasteiger partial charge is 0.463 e. The molecule has 2 rings (SSSR count). The summed E-state index contributed by atoms with van der Waals surface area (Å²) in [4.78, 5) is 11.0. The van der Waals surface area contributed by atoms with E-state index in [0.29, 0.717) is 6.61 Å². The molecule has 0 heterocycles. The van der Waals surface area contributed by atoms with Gasteiger partial charge in [0, 0.05) is 6.08 Å². The summed E-state index contributed by atoms with van der Waals surface area (Å²) in [5, 5.41) is 0. The molecule has 114 valence electrons. The molecule has 0 aromatic heterocycles. The highest BCUT2D eigenvalue weighted by molar-refractivity contribution is 5.81. The van der Waals surface area contributed by atoms with Crippen molar-refractivity contribution in [1.29, 1.82) is 0 Å². The molecule has 2 nitrogen and oxygen atoms in total. The molecule has 0 spiro atoms. The average Bonchev–Trinajstić information content (AvgIpc) is 3.15. The summed E-state index contributed by atoms with van der Waals surface area (Å²) in [5.41, 5.74) is 0. The van der Waals surface area contributed by atoms with Gasteiger partial charge in [0.1, 0.15) is 0 Å². The first kappa shape index (κ1) is 15.6. The minimum absolute atomic E-state index is 0.284. The van der Waals surface area contributed by atoms with E-state index in [1.54, 1.807) is 0 Å². The zero-order chi connectivity index (χ0) is 14.2. The van der Waals surface area contributed by atoms with Gasteiger partial charge in [-0.05, 0) is 37.0 Å². The maximum absolute atomic E-state index is 11.0. The highest BCUT2D eigenvalue weighted by Crippen LogP contribution is 2.43. The van der Waals surface area contributed by atoms with Crippen LogP contribution in [0.2, 0.25) is 0 Å². The van der Waals surface area contributed by atoms with Gasteiger partial charge in [0.05, 0.1) is 6.61 Å². The van der Waals surface area contributed by atoms with Crippen molar-refractivity contribution >= 4 is 5.97 Å². The van der Waals surface area contributed by atoms with Crippen LogP contribution in [0.1, 0.15) is 70.6 Å². The molecule has 0 saturated heterocycles. The standard InChI is InChI=1S/C18H30O2/c1-2-18(19)20-14-8-7-13-17(15-9-3-4-10-15)16-11-5-6-12-16/h2,15-17H,1,3-14H2. The third-order valence-corrected chi connectivity index (χ3v) is 5.35. The van der Waals surface area contributed by atoms with E-state index < -0.39 is 0 Å². The first-order chi connectivity index (χ1) is 9.81. The Morgan fingerprint density at radius 3 is 2.10 bits per heavy atom. The van der Waals surface area contributed by atoms with E-state index in [0.717, 1.165) is 24.2 Å². The van der Waals surface area contributed by atoms with Crippen molar-refractivity contribution < 1.29 is 9.53 Å². The van der Waals surface area contributed by atoms with E-state index in [9.17, 15) is 4.79 Å². The van der Waals surface area contributed by atoms with Crippen LogP contribution in [-0.2, 0) is 9.53 Å². The topological polar surface area (TPSA) is 26.3 Å². The Morgan fingerprint density at radius 1 is 1.05 bits per heavy atom. The second-order valence-electron chi connectivity index (χ2n) is 6.62. The average molecular weight is 278 g/mol. The van der Waals surface area contributed by atoms with Gasteiger partial charge in [0.25, 0.3) is 0 Å². The molecule has 0 unspecified atom stereocenters. The smallest absolute Gasteiger partial charge is 0.330 e. The minimum Gasteiger partial charge on any atom is -0.463 e. The Bertz CT molecular complexity index is 283. The van der Waals surface area contributed by atoms with Crippen LogP contribution in [0.3, 0.4) is 0 Å². The van der Waals surface area contributed by atoms with Crippen LogP contribution < -0.4 is 0 Å². The fraction of sp³-hybridized carbons (Fsp3) is 0.833. The van der Waals surface area contributed by atoms with E-state index in [-0.39, 0.29) is 5.97 Å². The molecule has 2 saturated carbocycles. The van der Waals surface area contributed by atoms with Crippen molar-refractivity contribution in [2.75, 3.05) is 6.61 Å². The zero-order valence-corrected chi connectivity index (χ0v) is 12.8. The molecule has 0 aromatic rings. The molecule has 20 heavy (non-hydrogen) atoms. The highest BCUT2D eigenvalue weighted by atomic mass is 16.5. The summed E-state index contributed by atoms with van der Waals surface area (Å²) in [6, 6.07) is 0. The maximum atomic E-state index is 11.0. The van der Waals surface area contributed by atoms with E-state index in [2.05, 4.69) is 6.58 Å². The minimum atomic E-state index is -0.284. The Labute approximate surface area is 124 Å². The molecule has 0 radical (unpaired) electrons. The first-order valence-corrected chi connectivity index (χ1v) is 8.60. The molecule has 2 fully saturated rings.